The molecular formula is C15H24N2O2. The summed E-state index contributed by atoms with van der Waals surface area (Å²) in [6.07, 6.45) is 2.18. The van der Waals surface area contributed by atoms with Gasteiger partial charge in [-0.15, -0.1) is 0 Å². The van der Waals surface area contributed by atoms with Gasteiger partial charge in [0, 0.05) is 26.2 Å². The zero-order chi connectivity index (χ0) is 13.9. The number of benzene rings is 1. The average Bonchev–Trinajstić information content (AvgIpc) is 2.43. The number of carbonyl (C=O) groups excluding carboxylic acids is 1. The predicted molar refractivity (Wildman–Crippen MR) is 76.8 cm³/mol. The summed E-state index contributed by atoms with van der Waals surface area (Å²) in [4.78, 5) is 11.6. The summed E-state index contributed by atoms with van der Waals surface area (Å²) in [5.41, 5.74) is 7.84. The van der Waals surface area contributed by atoms with Crippen LogP contribution in [0.15, 0.2) is 24.3 Å². The van der Waals surface area contributed by atoms with Gasteiger partial charge in [0.25, 0.3) is 0 Å². The maximum absolute atomic E-state index is 11.6. The summed E-state index contributed by atoms with van der Waals surface area (Å²) >= 11 is 0. The van der Waals surface area contributed by atoms with E-state index >= 15 is 0 Å². The second-order valence-electron chi connectivity index (χ2n) is 4.43. The molecule has 0 unspecified atom stereocenters. The number of ether oxygens (including phenoxy) is 1. The lowest BCUT2D eigenvalue weighted by atomic mass is 10.1. The highest BCUT2D eigenvalue weighted by atomic mass is 16.5. The van der Waals surface area contributed by atoms with Crippen molar-refractivity contribution in [1.82, 2.24) is 5.32 Å². The fourth-order valence-electron chi connectivity index (χ4n) is 1.76. The number of nitrogens with two attached hydrogens (primary N) is 1. The van der Waals surface area contributed by atoms with E-state index in [1.54, 1.807) is 0 Å². The highest BCUT2D eigenvalue weighted by Gasteiger charge is 2.01. The van der Waals surface area contributed by atoms with Crippen molar-refractivity contribution in [2.75, 3.05) is 19.8 Å². The van der Waals surface area contributed by atoms with Crippen molar-refractivity contribution in [2.24, 2.45) is 5.73 Å². The van der Waals surface area contributed by atoms with Crippen LogP contribution < -0.4 is 11.1 Å². The first-order chi connectivity index (χ1) is 9.26. The molecule has 4 nitrogen and oxygen atoms in total. The Hall–Kier alpha value is -1.39. The van der Waals surface area contributed by atoms with Crippen LogP contribution in [0.2, 0.25) is 0 Å². The number of hydrogen-bond donors (Lipinski definition) is 2. The van der Waals surface area contributed by atoms with Gasteiger partial charge in [0.2, 0.25) is 5.91 Å². The molecule has 4 heteroatoms. The van der Waals surface area contributed by atoms with Crippen LogP contribution in [0, 0.1) is 0 Å². The van der Waals surface area contributed by atoms with Crippen molar-refractivity contribution < 1.29 is 9.53 Å². The Bertz CT molecular complexity index is 363. The van der Waals surface area contributed by atoms with Crippen LogP contribution in [0.1, 0.15) is 30.9 Å². The number of amides is 1. The number of hydrogen-bond acceptors (Lipinski definition) is 3. The molecule has 1 aromatic carbocycles. The predicted octanol–water partition coefficient (Wildman–Crippen LogP) is 1.62. The van der Waals surface area contributed by atoms with E-state index < -0.39 is 0 Å². The second-order valence-corrected chi connectivity index (χ2v) is 4.43. The Kier molecular flexibility index (Phi) is 7.86. The van der Waals surface area contributed by atoms with Crippen molar-refractivity contribution in [1.29, 1.82) is 0 Å². The summed E-state index contributed by atoms with van der Waals surface area (Å²) in [7, 11) is 0. The van der Waals surface area contributed by atoms with E-state index in [1.165, 1.54) is 5.56 Å². The summed E-state index contributed by atoms with van der Waals surface area (Å²) in [5.74, 6) is 0.0748. The van der Waals surface area contributed by atoms with Crippen molar-refractivity contribution in [2.45, 2.75) is 32.7 Å². The van der Waals surface area contributed by atoms with Gasteiger partial charge in [-0.2, -0.15) is 0 Å². The van der Waals surface area contributed by atoms with Gasteiger partial charge in [0.15, 0.2) is 0 Å². The summed E-state index contributed by atoms with van der Waals surface area (Å²) in [5, 5.41) is 2.91. The molecule has 0 bridgehead atoms. The normalized spacial score (nSPS) is 10.4. The Balaban J connectivity index is 2.22. The van der Waals surface area contributed by atoms with Crippen molar-refractivity contribution in [3.05, 3.63) is 35.4 Å². The molecule has 0 heterocycles. The molecule has 1 amide bonds. The van der Waals surface area contributed by atoms with Gasteiger partial charge < -0.3 is 15.8 Å². The molecule has 3 N–H and O–H groups in total. The molecule has 0 aliphatic carbocycles. The molecule has 1 rings (SSSR count). The third kappa shape index (κ3) is 6.94. The molecule has 0 aromatic heterocycles. The second kappa shape index (κ2) is 9.53. The standard InChI is InChI=1S/C15H24N2O2/c1-2-19-11-3-4-15(18)17-12-14-7-5-13(6-8-14)9-10-16/h5-8H,2-4,9-12,16H2,1H3,(H,17,18). The maximum atomic E-state index is 11.6. The molecule has 0 aliphatic rings. The largest absolute Gasteiger partial charge is 0.382 e. The molecule has 0 atom stereocenters. The third-order valence-corrected chi connectivity index (χ3v) is 2.84. The smallest absolute Gasteiger partial charge is 0.220 e. The van der Waals surface area contributed by atoms with Gasteiger partial charge in [-0.1, -0.05) is 24.3 Å². The van der Waals surface area contributed by atoms with Crippen LogP contribution >= 0.6 is 0 Å². The van der Waals surface area contributed by atoms with Crippen LogP contribution in [0.3, 0.4) is 0 Å². The molecule has 0 saturated heterocycles. The number of carbonyl (C=O) groups is 1. The molecule has 106 valence electrons. The molecule has 0 spiro atoms. The van der Waals surface area contributed by atoms with Crippen molar-refractivity contribution in [3.8, 4) is 0 Å². The van der Waals surface area contributed by atoms with Crippen molar-refractivity contribution >= 4 is 5.91 Å². The Morgan fingerprint density at radius 1 is 1.26 bits per heavy atom. The minimum Gasteiger partial charge on any atom is -0.382 e. The summed E-state index contributed by atoms with van der Waals surface area (Å²) in [6.45, 7) is 4.55. The Labute approximate surface area is 115 Å². The van der Waals surface area contributed by atoms with Crippen molar-refractivity contribution in [3.63, 3.8) is 0 Å². The Morgan fingerprint density at radius 3 is 2.58 bits per heavy atom. The number of rotatable bonds is 9. The minimum atomic E-state index is 0.0748. The highest BCUT2D eigenvalue weighted by molar-refractivity contribution is 5.75. The van der Waals surface area contributed by atoms with Gasteiger partial charge in [0.1, 0.15) is 0 Å². The minimum absolute atomic E-state index is 0.0748. The van der Waals surface area contributed by atoms with E-state index in [0.29, 0.717) is 32.7 Å². The van der Waals surface area contributed by atoms with Crippen LogP contribution in [0.4, 0.5) is 0 Å². The molecule has 0 fully saturated rings. The quantitative estimate of drug-likeness (QED) is 0.666. The zero-order valence-corrected chi connectivity index (χ0v) is 11.7. The van der Waals surface area contributed by atoms with Gasteiger partial charge in [-0.05, 0) is 37.4 Å². The average molecular weight is 264 g/mol. The van der Waals surface area contributed by atoms with Crippen LogP contribution in [0.25, 0.3) is 0 Å². The monoisotopic (exact) mass is 264 g/mol. The van der Waals surface area contributed by atoms with E-state index in [9.17, 15) is 4.79 Å². The lowest BCUT2D eigenvalue weighted by Crippen LogP contribution is -2.22. The van der Waals surface area contributed by atoms with E-state index in [0.717, 1.165) is 18.4 Å². The lowest BCUT2D eigenvalue weighted by Gasteiger charge is -2.06. The van der Waals surface area contributed by atoms with Gasteiger partial charge in [0.05, 0.1) is 0 Å². The maximum Gasteiger partial charge on any atom is 0.220 e. The van der Waals surface area contributed by atoms with Gasteiger partial charge in [-0.25, -0.2) is 0 Å². The molecular weight excluding hydrogens is 240 g/mol. The van der Waals surface area contributed by atoms with E-state index in [4.69, 9.17) is 10.5 Å². The SMILES string of the molecule is CCOCCCC(=O)NCc1ccc(CCN)cc1. The highest BCUT2D eigenvalue weighted by Crippen LogP contribution is 2.04. The Morgan fingerprint density at radius 2 is 1.95 bits per heavy atom. The molecule has 0 aliphatic heterocycles. The molecule has 0 saturated carbocycles. The topological polar surface area (TPSA) is 64.3 Å². The van der Waals surface area contributed by atoms with Gasteiger partial charge in [-0.3, -0.25) is 4.79 Å². The number of nitrogens with one attached hydrogen (secondary N) is 1. The van der Waals surface area contributed by atoms with Crippen LogP contribution in [0.5, 0.6) is 0 Å². The molecule has 1 aromatic rings. The first-order valence-corrected chi connectivity index (χ1v) is 6.88. The van der Waals surface area contributed by atoms with Gasteiger partial charge >= 0.3 is 0 Å². The van der Waals surface area contributed by atoms with E-state index in [1.807, 2.05) is 19.1 Å². The fourth-order valence-corrected chi connectivity index (χ4v) is 1.76. The molecule has 19 heavy (non-hydrogen) atoms. The summed E-state index contributed by atoms with van der Waals surface area (Å²) < 4.78 is 5.19. The zero-order valence-electron chi connectivity index (χ0n) is 11.7. The first-order valence-electron chi connectivity index (χ1n) is 6.88. The lowest BCUT2D eigenvalue weighted by molar-refractivity contribution is -0.121. The van der Waals surface area contributed by atoms with Crippen LogP contribution in [-0.2, 0) is 22.5 Å². The fraction of sp³-hybridized carbons (Fsp3) is 0.533. The first kappa shape index (κ1) is 15.7. The van der Waals surface area contributed by atoms with E-state index in [-0.39, 0.29) is 5.91 Å². The van der Waals surface area contributed by atoms with Crippen LogP contribution in [-0.4, -0.2) is 25.7 Å². The third-order valence-electron chi connectivity index (χ3n) is 2.84. The summed E-state index contributed by atoms with van der Waals surface area (Å²) in [6, 6.07) is 8.18. The van der Waals surface area contributed by atoms with E-state index in [2.05, 4.69) is 17.4 Å². The molecule has 0 radical (unpaired) electrons.